The van der Waals surface area contributed by atoms with Crippen molar-refractivity contribution in [2.75, 3.05) is 13.1 Å². The van der Waals surface area contributed by atoms with E-state index in [9.17, 15) is 0 Å². The lowest BCUT2D eigenvalue weighted by molar-refractivity contribution is 0.349. The molecule has 0 spiro atoms. The van der Waals surface area contributed by atoms with Gasteiger partial charge in [-0.05, 0) is 25.9 Å². The third kappa shape index (κ3) is 2.12. The Morgan fingerprint density at radius 3 is 2.56 bits per heavy atom. The van der Waals surface area contributed by atoms with Crippen molar-refractivity contribution in [2.45, 2.75) is 52.0 Å². The van der Waals surface area contributed by atoms with Crippen molar-refractivity contribution >= 4 is 0 Å². The van der Waals surface area contributed by atoms with Gasteiger partial charge in [0.05, 0.1) is 0 Å². The molecule has 90 valence electrons. The van der Waals surface area contributed by atoms with Gasteiger partial charge in [0.1, 0.15) is 11.6 Å². The minimum atomic E-state index is 0.461. The van der Waals surface area contributed by atoms with E-state index in [1.807, 2.05) is 0 Å². The maximum Gasteiger partial charge on any atom is 0.135 e. The van der Waals surface area contributed by atoms with E-state index in [1.54, 1.807) is 0 Å². The molecule has 0 unspecified atom stereocenters. The van der Waals surface area contributed by atoms with Crippen LogP contribution in [0.3, 0.4) is 0 Å². The Kier molecular flexibility index (Phi) is 3.59. The quantitative estimate of drug-likeness (QED) is 0.849. The molecule has 4 heteroatoms. The maximum absolute atomic E-state index is 4.35. The zero-order valence-corrected chi connectivity index (χ0v) is 10.5. The molecule has 2 heterocycles. The molecule has 1 aromatic heterocycles. The Morgan fingerprint density at radius 2 is 2.00 bits per heavy atom. The van der Waals surface area contributed by atoms with Crippen LogP contribution in [0.5, 0.6) is 0 Å². The second-order valence-corrected chi connectivity index (χ2v) is 4.83. The molecule has 1 aromatic rings. The molecule has 1 fully saturated rings. The molecule has 1 aliphatic rings. The molecule has 0 saturated carbocycles. The predicted octanol–water partition coefficient (Wildman–Crippen LogP) is 1.89. The number of nitrogens with zero attached hydrogens (tertiary/aromatic N) is 3. The van der Waals surface area contributed by atoms with Crippen LogP contribution in [-0.4, -0.2) is 27.9 Å². The minimum Gasteiger partial charge on any atom is -0.317 e. The largest absolute Gasteiger partial charge is 0.317 e. The van der Waals surface area contributed by atoms with Crippen LogP contribution in [0.2, 0.25) is 0 Å². The molecule has 0 amide bonds. The summed E-state index contributed by atoms with van der Waals surface area (Å²) in [6.07, 6.45) is 3.37. The maximum atomic E-state index is 4.35. The fraction of sp³-hybridized carbons (Fsp3) is 0.833. The Hall–Kier alpha value is -0.900. The highest BCUT2D eigenvalue weighted by Gasteiger charge is 2.22. The number of aryl methyl sites for hydroxylation is 1. The molecule has 1 aliphatic heterocycles. The van der Waals surface area contributed by atoms with Crippen LogP contribution >= 0.6 is 0 Å². The number of aromatic nitrogens is 3. The van der Waals surface area contributed by atoms with Crippen molar-refractivity contribution in [1.82, 2.24) is 20.1 Å². The molecular formula is C12H22N4. The lowest BCUT2D eigenvalue weighted by atomic mass is 10.0. The summed E-state index contributed by atoms with van der Waals surface area (Å²) < 4.78 is 2.39. The number of nitrogens with one attached hydrogen (secondary N) is 1. The molecule has 1 saturated heterocycles. The smallest absolute Gasteiger partial charge is 0.135 e. The van der Waals surface area contributed by atoms with Crippen LogP contribution in [0.15, 0.2) is 0 Å². The van der Waals surface area contributed by atoms with Gasteiger partial charge in [-0.25, -0.2) is 0 Å². The van der Waals surface area contributed by atoms with Gasteiger partial charge in [0.15, 0.2) is 0 Å². The molecule has 0 bridgehead atoms. The highest BCUT2D eigenvalue weighted by Crippen LogP contribution is 2.25. The summed E-state index contributed by atoms with van der Waals surface area (Å²) in [6, 6.07) is 0.601. The summed E-state index contributed by atoms with van der Waals surface area (Å²) in [5, 5.41) is 12.1. The Labute approximate surface area is 97.5 Å². The van der Waals surface area contributed by atoms with Crippen LogP contribution < -0.4 is 5.32 Å². The van der Waals surface area contributed by atoms with Gasteiger partial charge in [0.25, 0.3) is 0 Å². The number of hydrogen-bond acceptors (Lipinski definition) is 3. The molecule has 4 nitrogen and oxygen atoms in total. The third-order valence-electron chi connectivity index (χ3n) is 3.30. The van der Waals surface area contributed by atoms with Crippen LogP contribution in [0.1, 0.15) is 57.2 Å². The van der Waals surface area contributed by atoms with Gasteiger partial charge in [0, 0.05) is 18.4 Å². The van der Waals surface area contributed by atoms with Crippen LogP contribution in [-0.2, 0) is 6.42 Å². The highest BCUT2D eigenvalue weighted by atomic mass is 15.3. The van der Waals surface area contributed by atoms with E-state index in [1.165, 1.54) is 12.8 Å². The van der Waals surface area contributed by atoms with Crippen molar-refractivity contribution in [3.05, 3.63) is 11.6 Å². The summed E-state index contributed by atoms with van der Waals surface area (Å²) in [7, 11) is 0. The average molecular weight is 222 g/mol. The molecule has 0 radical (unpaired) electrons. The standard InChI is InChI=1S/C12H22N4/c1-4-11-14-15-12(9(2)3)16(11)10-5-7-13-8-6-10/h9-10,13H,4-8H2,1-3H3. The van der Waals surface area contributed by atoms with Crippen molar-refractivity contribution < 1.29 is 0 Å². The summed E-state index contributed by atoms with van der Waals surface area (Å²) in [5.41, 5.74) is 0. The molecular weight excluding hydrogens is 200 g/mol. The lowest BCUT2D eigenvalue weighted by Crippen LogP contribution is -2.31. The normalized spacial score (nSPS) is 18.2. The Morgan fingerprint density at radius 1 is 1.31 bits per heavy atom. The molecule has 1 N–H and O–H groups in total. The van der Waals surface area contributed by atoms with Crippen LogP contribution in [0.4, 0.5) is 0 Å². The fourth-order valence-electron chi connectivity index (χ4n) is 2.43. The van der Waals surface area contributed by atoms with Gasteiger partial charge in [0.2, 0.25) is 0 Å². The van der Waals surface area contributed by atoms with Gasteiger partial charge in [-0.1, -0.05) is 20.8 Å². The summed E-state index contributed by atoms with van der Waals surface area (Å²) in [4.78, 5) is 0. The molecule has 0 aromatic carbocycles. The highest BCUT2D eigenvalue weighted by molar-refractivity contribution is 5.03. The van der Waals surface area contributed by atoms with Gasteiger partial charge in [-0.2, -0.15) is 0 Å². The topological polar surface area (TPSA) is 42.7 Å². The van der Waals surface area contributed by atoms with E-state index in [-0.39, 0.29) is 0 Å². The third-order valence-corrected chi connectivity index (χ3v) is 3.30. The van der Waals surface area contributed by atoms with Gasteiger partial charge >= 0.3 is 0 Å². The Balaban J connectivity index is 2.31. The second kappa shape index (κ2) is 4.95. The first kappa shape index (κ1) is 11.6. The number of hydrogen-bond donors (Lipinski definition) is 1. The lowest BCUT2D eigenvalue weighted by Gasteiger charge is -2.27. The van der Waals surface area contributed by atoms with Crippen molar-refractivity contribution in [2.24, 2.45) is 0 Å². The van der Waals surface area contributed by atoms with Gasteiger partial charge in [-0.15, -0.1) is 10.2 Å². The molecule has 2 rings (SSSR count). The molecule has 16 heavy (non-hydrogen) atoms. The summed E-state index contributed by atoms with van der Waals surface area (Å²) in [6.45, 7) is 8.78. The van der Waals surface area contributed by atoms with Crippen molar-refractivity contribution in [3.8, 4) is 0 Å². The van der Waals surface area contributed by atoms with E-state index in [4.69, 9.17) is 0 Å². The molecule has 0 aliphatic carbocycles. The van der Waals surface area contributed by atoms with E-state index < -0.39 is 0 Å². The van der Waals surface area contributed by atoms with Gasteiger partial charge < -0.3 is 9.88 Å². The first-order valence-corrected chi connectivity index (χ1v) is 6.38. The van der Waals surface area contributed by atoms with E-state index >= 15 is 0 Å². The summed E-state index contributed by atoms with van der Waals surface area (Å²) in [5.74, 6) is 2.77. The first-order chi connectivity index (χ1) is 7.74. The SMILES string of the molecule is CCc1nnc(C(C)C)n1C1CCNCC1. The zero-order chi connectivity index (χ0) is 11.5. The van der Waals surface area contributed by atoms with Crippen LogP contribution in [0, 0.1) is 0 Å². The first-order valence-electron chi connectivity index (χ1n) is 6.38. The van der Waals surface area contributed by atoms with E-state index in [0.29, 0.717) is 12.0 Å². The predicted molar refractivity (Wildman–Crippen MR) is 64.6 cm³/mol. The zero-order valence-electron chi connectivity index (χ0n) is 10.5. The van der Waals surface area contributed by atoms with E-state index in [2.05, 4.69) is 40.9 Å². The Bertz CT molecular complexity index is 337. The minimum absolute atomic E-state index is 0.461. The van der Waals surface area contributed by atoms with Crippen LogP contribution in [0.25, 0.3) is 0 Å². The average Bonchev–Trinajstić information content (AvgIpc) is 2.73. The second-order valence-electron chi connectivity index (χ2n) is 4.83. The fourth-order valence-corrected chi connectivity index (χ4v) is 2.43. The van der Waals surface area contributed by atoms with Crippen molar-refractivity contribution in [3.63, 3.8) is 0 Å². The summed E-state index contributed by atoms with van der Waals surface area (Å²) >= 11 is 0. The molecule has 0 atom stereocenters. The monoisotopic (exact) mass is 222 g/mol. The number of rotatable bonds is 3. The van der Waals surface area contributed by atoms with Gasteiger partial charge in [-0.3, -0.25) is 0 Å². The van der Waals surface area contributed by atoms with Crippen molar-refractivity contribution in [1.29, 1.82) is 0 Å². The van der Waals surface area contributed by atoms with E-state index in [0.717, 1.165) is 31.2 Å². The number of piperidine rings is 1.